The summed E-state index contributed by atoms with van der Waals surface area (Å²) in [6.07, 6.45) is 8.79. The Kier molecular flexibility index (Phi) is 4.56. The molecule has 1 aromatic heterocycles. The number of aromatic nitrogens is 2. The Hall–Kier alpha value is -1.83. The van der Waals surface area contributed by atoms with Gasteiger partial charge in [0.25, 0.3) is 0 Å². The van der Waals surface area contributed by atoms with Crippen LogP contribution >= 0.6 is 0 Å². The maximum absolute atomic E-state index is 4.41. The summed E-state index contributed by atoms with van der Waals surface area (Å²) in [5, 5.41) is 0. The third-order valence-corrected chi connectivity index (χ3v) is 3.26. The minimum absolute atomic E-state index is 0.904. The van der Waals surface area contributed by atoms with E-state index in [2.05, 4.69) is 60.7 Å². The summed E-state index contributed by atoms with van der Waals surface area (Å²) in [7, 11) is 0. The molecule has 0 saturated carbocycles. The van der Waals surface area contributed by atoms with E-state index in [0.717, 1.165) is 24.9 Å². The third kappa shape index (κ3) is 3.82. The quantitative estimate of drug-likeness (QED) is 0.705. The van der Waals surface area contributed by atoms with Crippen LogP contribution in [0.2, 0.25) is 0 Å². The number of hydrogen-bond acceptors (Lipinski definition) is 1. The van der Waals surface area contributed by atoms with Crippen LogP contribution in [0.15, 0.2) is 53.9 Å². The first-order valence-corrected chi connectivity index (χ1v) is 6.85. The third-order valence-electron chi connectivity index (χ3n) is 3.26. The second-order valence-corrected chi connectivity index (χ2v) is 5.26. The molecule has 0 spiro atoms. The minimum atomic E-state index is 0.904. The van der Waals surface area contributed by atoms with Crippen molar-refractivity contribution in [1.29, 1.82) is 0 Å². The lowest BCUT2D eigenvalue weighted by Crippen LogP contribution is -1.93. The zero-order chi connectivity index (χ0) is 13.7. The SMILES string of the molecule is CC(C)=CCCC(C)=CCn1cnc2ccccc21. The van der Waals surface area contributed by atoms with Crippen LogP contribution < -0.4 is 0 Å². The lowest BCUT2D eigenvalue weighted by atomic mass is 10.1. The molecule has 1 aromatic carbocycles. The van der Waals surface area contributed by atoms with E-state index in [-0.39, 0.29) is 0 Å². The largest absolute Gasteiger partial charge is 0.327 e. The average molecular weight is 254 g/mol. The topological polar surface area (TPSA) is 17.8 Å². The molecule has 0 aliphatic heterocycles. The summed E-state index contributed by atoms with van der Waals surface area (Å²) in [5.41, 5.74) is 5.11. The maximum atomic E-state index is 4.41. The van der Waals surface area contributed by atoms with E-state index < -0.39 is 0 Å². The highest BCUT2D eigenvalue weighted by Gasteiger charge is 1.99. The number of nitrogens with zero attached hydrogens (tertiary/aromatic N) is 2. The highest BCUT2D eigenvalue weighted by molar-refractivity contribution is 5.74. The molecule has 100 valence electrons. The zero-order valence-corrected chi connectivity index (χ0v) is 12.1. The van der Waals surface area contributed by atoms with E-state index in [1.807, 2.05) is 12.4 Å². The Balaban J connectivity index is 1.99. The second-order valence-electron chi connectivity index (χ2n) is 5.26. The highest BCUT2D eigenvalue weighted by atomic mass is 15.0. The molecule has 2 heteroatoms. The summed E-state index contributed by atoms with van der Waals surface area (Å²) < 4.78 is 2.19. The predicted octanol–water partition coefficient (Wildman–Crippen LogP) is 4.73. The number of fused-ring (bicyclic) bond motifs is 1. The molecule has 0 fully saturated rings. The number of hydrogen-bond donors (Lipinski definition) is 0. The van der Waals surface area contributed by atoms with Gasteiger partial charge in [-0.05, 0) is 45.7 Å². The molecular weight excluding hydrogens is 232 g/mol. The summed E-state index contributed by atoms with van der Waals surface area (Å²) in [5.74, 6) is 0. The van der Waals surface area contributed by atoms with Gasteiger partial charge in [0, 0.05) is 6.54 Å². The Bertz CT molecular complexity index is 599. The van der Waals surface area contributed by atoms with E-state index in [0.29, 0.717) is 0 Å². The standard InChI is InChI=1S/C17H22N2/c1-14(2)7-6-8-15(3)11-12-19-13-18-16-9-4-5-10-17(16)19/h4-5,7,9-11,13H,6,8,12H2,1-3H3. The fourth-order valence-electron chi connectivity index (χ4n) is 2.10. The molecule has 0 aliphatic carbocycles. The number of imidazole rings is 1. The van der Waals surface area contributed by atoms with Crippen molar-refractivity contribution in [3.63, 3.8) is 0 Å². The van der Waals surface area contributed by atoms with Crippen LogP contribution in [-0.2, 0) is 6.54 Å². The molecule has 1 heterocycles. The van der Waals surface area contributed by atoms with Gasteiger partial charge in [0.05, 0.1) is 17.4 Å². The lowest BCUT2D eigenvalue weighted by Gasteiger charge is -2.02. The average Bonchev–Trinajstić information content (AvgIpc) is 2.79. The van der Waals surface area contributed by atoms with Crippen molar-refractivity contribution in [2.45, 2.75) is 40.2 Å². The molecular formula is C17H22N2. The number of para-hydroxylation sites is 2. The first-order valence-electron chi connectivity index (χ1n) is 6.85. The molecule has 0 N–H and O–H groups in total. The van der Waals surface area contributed by atoms with Gasteiger partial charge in [-0.3, -0.25) is 0 Å². The van der Waals surface area contributed by atoms with Crippen LogP contribution in [0.1, 0.15) is 33.6 Å². The monoisotopic (exact) mass is 254 g/mol. The fourth-order valence-corrected chi connectivity index (χ4v) is 2.10. The molecule has 0 atom stereocenters. The van der Waals surface area contributed by atoms with Gasteiger partial charge in [0.15, 0.2) is 0 Å². The van der Waals surface area contributed by atoms with Crippen LogP contribution in [0.25, 0.3) is 11.0 Å². The molecule has 0 radical (unpaired) electrons. The summed E-state index contributed by atoms with van der Waals surface area (Å²) >= 11 is 0. The van der Waals surface area contributed by atoms with E-state index in [1.165, 1.54) is 16.7 Å². The molecule has 2 rings (SSSR count). The van der Waals surface area contributed by atoms with Crippen molar-refractivity contribution in [1.82, 2.24) is 9.55 Å². The smallest absolute Gasteiger partial charge is 0.0961 e. The van der Waals surface area contributed by atoms with Crippen LogP contribution in [0.5, 0.6) is 0 Å². The lowest BCUT2D eigenvalue weighted by molar-refractivity contribution is 0.830. The first-order chi connectivity index (χ1) is 9.16. The zero-order valence-electron chi connectivity index (χ0n) is 12.1. The Morgan fingerprint density at radius 3 is 2.74 bits per heavy atom. The van der Waals surface area contributed by atoms with Crippen LogP contribution in [0, 0.1) is 0 Å². The fraction of sp³-hybridized carbons (Fsp3) is 0.353. The maximum Gasteiger partial charge on any atom is 0.0961 e. The van der Waals surface area contributed by atoms with Crippen molar-refractivity contribution in [3.8, 4) is 0 Å². The van der Waals surface area contributed by atoms with Crippen molar-refractivity contribution in [3.05, 3.63) is 53.9 Å². The highest BCUT2D eigenvalue weighted by Crippen LogP contribution is 2.13. The van der Waals surface area contributed by atoms with Gasteiger partial charge in [0.1, 0.15) is 0 Å². The van der Waals surface area contributed by atoms with E-state index in [1.54, 1.807) is 0 Å². The van der Waals surface area contributed by atoms with E-state index >= 15 is 0 Å². The molecule has 0 bridgehead atoms. The van der Waals surface area contributed by atoms with E-state index in [9.17, 15) is 0 Å². The molecule has 2 aromatic rings. The van der Waals surface area contributed by atoms with E-state index in [4.69, 9.17) is 0 Å². The van der Waals surface area contributed by atoms with Crippen LogP contribution in [0.3, 0.4) is 0 Å². The first kappa shape index (κ1) is 13.6. The summed E-state index contributed by atoms with van der Waals surface area (Å²) in [6.45, 7) is 7.41. The van der Waals surface area contributed by atoms with Gasteiger partial charge in [-0.2, -0.15) is 0 Å². The molecule has 0 amide bonds. The van der Waals surface area contributed by atoms with Gasteiger partial charge in [-0.15, -0.1) is 0 Å². The van der Waals surface area contributed by atoms with Crippen molar-refractivity contribution < 1.29 is 0 Å². The van der Waals surface area contributed by atoms with Gasteiger partial charge in [-0.1, -0.05) is 35.4 Å². The minimum Gasteiger partial charge on any atom is -0.327 e. The molecule has 0 saturated heterocycles. The molecule has 2 nitrogen and oxygen atoms in total. The second kappa shape index (κ2) is 6.37. The molecule has 19 heavy (non-hydrogen) atoms. The number of rotatable bonds is 5. The van der Waals surface area contributed by atoms with Crippen molar-refractivity contribution in [2.75, 3.05) is 0 Å². The van der Waals surface area contributed by atoms with Crippen molar-refractivity contribution >= 4 is 11.0 Å². The van der Waals surface area contributed by atoms with Crippen LogP contribution in [-0.4, -0.2) is 9.55 Å². The summed E-state index contributed by atoms with van der Waals surface area (Å²) in [4.78, 5) is 4.41. The predicted molar refractivity (Wildman–Crippen MR) is 82.2 cm³/mol. The number of allylic oxidation sites excluding steroid dienone is 4. The number of benzene rings is 1. The van der Waals surface area contributed by atoms with Crippen molar-refractivity contribution in [2.24, 2.45) is 0 Å². The van der Waals surface area contributed by atoms with Gasteiger partial charge >= 0.3 is 0 Å². The molecule has 0 unspecified atom stereocenters. The van der Waals surface area contributed by atoms with Gasteiger partial charge < -0.3 is 4.57 Å². The Morgan fingerprint density at radius 2 is 1.95 bits per heavy atom. The van der Waals surface area contributed by atoms with Crippen LogP contribution in [0.4, 0.5) is 0 Å². The van der Waals surface area contributed by atoms with Gasteiger partial charge in [-0.25, -0.2) is 4.98 Å². The summed E-state index contributed by atoms with van der Waals surface area (Å²) in [6, 6.07) is 8.26. The normalized spacial score (nSPS) is 11.8. The Morgan fingerprint density at radius 1 is 1.16 bits per heavy atom. The Labute approximate surface area is 115 Å². The molecule has 0 aliphatic rings. The van der Waals surface area contributed by atoms with Gasteiger partial charge in [0.2, 0.25) is 0 Å².